The Kier molecular flexibility index (Phi) is 3.97. The molecule has 5 nitrogen and oxygen atoms in total. The Morgan fingerprint density at radius 1 is 1.32 bits per heavy atom. The van der Waals surface area contributed by atoms with Gasteiger partial charge in [0.15, 0.2) is 0 Å². The quantitative estimate of drug-likeness (QED) is 0.485. The third-order valence-corrected chi connectivity index (χ3v) is 2.73. The maximum atomic E-state index is 10.7. The molecule has 2 aromatic rings. The zero-order chi connectivity index (χ0) is 13.8. The van der Waals surface area contributed by atoms with Crippen molar-refractivity contribution in [1.29, 1.82) is 0 Å². The van der Waals surface area contributed by atoms with E-state index in [1.807, 2.05) is 37.3 Å². The molecule has 1 unspecified atom stereocenters. The number of rotatable bonds is 4. The lowest BCUT2D eigenvalue weighted by atomic mass is 10.1. The SMILES string of the molecule is CC(Oc1cc([N+](=O)[O-])cc(Cl)n1)c1ccccc1. The van der Waals surface area contributed by atoms with Crippen LogP contribution in [-0.4, -0.2) is 9.91 Å². The predicted octanol–water partition coefficient (Wildman–Crippen LogP) is 3.78. The van der Waals surface area contributed by atoms with Crippen molar-refractivity contribution >= 4 is 17.3 Å². The van der Waals surface area contributed by atoms with Crippen LogP contribution in [0.1, 0.15) is 18.6 Å². The lowest BCUT2D eigenvalue weighted by Crippen LogP contribution is -2.04. The summed E-state index contributed by atoms with van der Waals surface area (Å²) in [7, 11) is 0. The maximum Gasteiger partial charge on any atom is 0.277 e. The molecular formula is C13H11ClN2O3. The van der Waals surface area contributed by atoms with Crippen LogP contribution in [0.15, 0.2) is 42.5 Å². The molecule has 0 radical (unpaired) electrons. The summed E-state index contributed by atoms with van der Waals surface area (Å²) < 4.78 is 5.57. The van der Waals surface area contributed by atoms with E-state index in [0.29, 0.717) is 0 Å². The first kappa shape index (κ1) is 13.3. The zero-order valence-electron chi connectivity index (χ0n) is 10.1. The molecule has 0 saturated heterocycles. The van der Waals surface area contributed by atoms with Gasteiger partial charge < -0.3 is 4.74 Å². The van der Waals surface area contributed by atoms with Crippen molar-refractivity contribution in [3.05, 3.63) is 63.3 Å². The Balaban J connectivity index is 2.21. The van der Waals surface area contributed by atoms with E-state index < -0.39 is 4.92 Å². The molecule has 19 heavy (non-hydrogen) atoms. The standard InChI is InChI=1S/C13H11ClN2O3/c1-9(10-5-3-2-4-6-10)19-13-8-11(16(17)18)7-12(14)15-13/h2-9H,1H3. The summed E-state index contributed by atoms with van der Waals surface area (Å²) in [5.74, 6) is 0.135. The number of nitrogens with zero attached hydrogens (tertiary/aromatic N) is 2. The second kappa shape index (κ2) is 5.67. The van der Waals surface area contributed by atoms with Gasteiger partial charge in [-0.05, 0) is 12.5 Å². The summed E-state index contributed by atoms with van der Waals surface area (Å²) in [6.07, 6.45) is -0.272. The van der Waals surface area contributed by atoms with Crippen molar-refractivity contribution in [2.75, 3.05) is 0 Å². The van der Waals surface area contributed by atoms with Crippen molar-refractivity contribution in [3.8, 4) is 5.88 Å². The number of hydrogen-bond acceptors (Lipinski definition) is 4. The highest BCUT2D eigenvalue weighted by atomic mass is 35.5. The van der Waals surface area contributed by atoms with Gasteiger partial charge in [0, 0.05) is 0 Å². The molecule has 98 valence electrons. The summed E-state index contributed by atoms with van der Waals surface area (Å²) in [5.41, 5.74) is 0.808. The van der Waals surface area contributed by atoms with E-state index >= 15 is 0 Å². The molecule has 0 bridgehead atoms. The molecular weight excluding hydrogens is 268 g/mol. The highest BCUT2D eigenvalue weighted by Gasteiger charge is 2.14. The molecule has 0 saturated carbocycles. The monoisotopic (exact) mass is 278 g/mol. The fourth-order valence-corrected chi connectivity index (χ4v) is 1.79. The van der Waals surface area contributed by atoms with E-state index in [9.17, 15) is 10.1 Å². The van der Waals surface area contributed by atoms with E-state index in [1.165, 1.54) is 12.1 Å². The Bertz CT molecular complexity index is 590. The Labute approximate surface area is 115 Å². The molecule has 0 aliphatic rings. The summed E-state index contributed by atoms with van der Waals surface area (Å²) in [5, 5.41) is 10.8. The highest BCUT2D eigenvalue weighted by molar-refractivity contribution is 6.29. The van der Waals surface area contributed by atoms with Crippen molar-refractivity contribution < 1.29 is 9.66 Å². The van der Waals surface area contributed by atoms with Gasteiger partial charge in [0.2, 0.25) is 5.88 Å². The third kappa shape index (κ3) is 3.42. The lowest BCUT2D eigenvalue weighted by Gasteiger charge is -2.14. The predicted molar refractivity (Wildman–Crippen MR) is 71.4 cm³/mol. The van der Waals surface area contributed by atoms with Crippen LogP contribution in [0.4, 0.5) is 5.69 Å². The van der Waals surface area contributed by atoms with Crippen LogP contribution in [0.5, 0.6) is 5.88 Å². The van der Waals surface area contributed by atoms with E-state index in [0.717, 1.165) is 5.56 Å². The largest absolute Gasteiger partial charge is 0.470 e. The second-order valence-electron chi connectivity index (χ2n) is 3.91. The minimum absolute atomic E-state index is 0.0319. The van der Waals surface area contributed by atoms with Crippen LogP contribution in [-0.2, 0) is 0 Å². The van der Waals surface area contributed by atoms with Gasteiger partial charge in [-0.1, -0.05) is 41.9 Å². The van der Waals surface area contributed by atoms with Gasteiger partial charge in [0.1, 0.15) is 11.3 Å². The van der Waals surface area contributed by atoms with Crippen LogP contribution in [0, 0.1) is 10.1 Å². The average Bonchev–Trinajstić information content (AvgIpc) is 2.39. The van der Waals surface area contributed by atoms with Gasteiger partial charge in [0.25, 0.3) is 5.69 Å². The number of pyridine rings is 1. The number of nitro groups is 1. The Hall–Kier alpha value is -2.14. The first-order valence-corrected chi connectivity index (χ1v) is 5.97. The summed E-state index contributed by atoms with van der Waals surface area (Å²) in [6, 6.07) is 11.9. The van der Waals surface area contributed by atoms with Gasteiger partial charge in [-0.15, -0.1) is 0 Å². The van der Waals surface area contributed by atoms with E-state index in [-0.39, 0.29) is 22.8 Å². The minimum Gasteiger partial charge on any atom is -0.470 e. The smallest absolute Gasteiger partial charge is 0.277 e. The number of hydrogen-bond donors (Lipinski definition) is 0. The molecule has 1 aromatic carbocycles. The van der Waals surface area contributed by atoms with Crippen LogP contribution < -0.4 is 4.74 Å². The van der Waals surface area contributed by atoms with Crippen LogP contribution in [0.25, 0.3) is 0 Å². The second-order valence-corrected chi connectivity index (χ2v) is 4.30. The number of halogens is 1. The molecule has 0 N–H and O–H groups in total. The number of ether oxygens (including phenoxy) is 1. The van der Waals surface area contributed by atoms with Crippen molar-refractivity contribution in [2.24, 2.45) is 0 Å². The maximum absolute atomic E-state index is 10.7. The molecule has 0 aliphatic carbocycles. The van der Waals surface area contributed by atoms with Crippen molar-refractivity contribution in [2.45, 2.75) is 13.0 Å². The average molecular weight is 279 g/mol. The topological polar surface area (TPSA) is 65.3 Å². The molecule has 0 amide bonds. The van der Waals surface area contributed by atoms with Gasteiger partial charge >= 0.3 is 0 Å². The summed E-state index contributed by atoms with van der Waals surface area (Å²) in [4.78, 5) is 14.1. The molecule has 2 rings (SSSR count). The van der Waals surface area contributed by atoms with Gasteiger partial charge in [-0.25, -0.2) is 4.98 Å². The fraction of sp³-hybridized carbons (Fsp3) is 0.154. The first-order valence-electron chi connectivity index (χ1n) is 5.60. The minimum atomic E-state index is -0.534. The van der Waals surface area contributed by atoms with Gasteiger partial charge in [-0.2, -0.15) is 0 Å². The molecule has 1 atom stereocenters. The van der Waals surface area contributed by atoms with E-state index in [2.05, 4.69) is 4.98 Å². The number of aromatic nitrogens is 1. The lowest BCUT2D eigenvalue weighted by molar-refractivity contribution is -0.385. The molecule has 0 fully saturated rings. The van der Waals surface area contributed by atoms with Gasteiger partial charge in [-0.3, -0.25) is 10.1 Å². The van der Waals surface area contributed by atoms with Crippen LogP contribution in [0.2, 0.25) is 5.15 Å². The summed E-state index contributed by atoms with van der Waals surface area (Å²) >= 11 is 5.73. The van der Waals surface area contributed by atoms with Crippen LogP contribution in [0.3, 0.4) is 0 Å². The van der Waals surface area contributed by atoms with Crippen LogP contribution >= 0.6 is 11.6 Å². The fourth-order valence-electron chi connectivity index (χ4n) is 1.60. The Morgan fingerprint density at radius 2 is 2.00 bits per heavy atom. The third-order valence-electron chi connectivity index (χ3n) is 2.53. The highest BCUT2D eigenvalue weighted by Crippen LogP contribution is 2.26. The molecule has 0 spiro atoms. The van der Waals surface area contributed by atoms with Gasteiger partial charge in [0.05, 0.1) is 17.1 Å². The molecule has 1 heterocycles. The normalized spacial score (nSPS) is 11.9. The first-order chi connectivity index (χ1) is 9.06. The molecule has 6 heteroatoms. The molecule has 1 aromatic heterocycles. The molecule has 0 aliphatic heterocycles. The zero-order valence-corrected chi connectivity index (χ0v) is 10.9. The van der Waals surface area contributed by atoms with Crippen molar-refractivity contribution in [1.82, 2.24) is 4.98 Å². The van der Waals surface area contributed by atoms with Crippen molar-refractivity contribution in [3.63, 3.8) is 0 Å². The summed E-state index contributed by atoms with van der Waals surface area (Å²) in [6.45, 7) is 1.84. The number of benzene rings is 1. The van der Waals surface area contributed by atoms with E-state index in [1.54, 1.807) is 0 Å². The Morgan fingerprint density at radius 3 is 2.63 bits per heavy atom. The van der Waals surface area contributed by atoms with E-state index in [4.69, 9.17) is 16.3 Å².